The molecule has 0 aromatic rings. The SMILES string of the molecule is CC1(C)OCC(NC2CCCC2CO)CO1. The highest BCUT2D eigenvalue weighted by molar-refractivity contribution is 4.86. The van der Waals surface area contributed by atoms with Crippen molar-refractivity contribution < 1.29 is 14.6 Å². The molecule has 0 radical (unpaired) electrons. The number of aliphatic hydroxyl groups is 1. The Labute approximate surface area is 97.3 Å². The van der Waals surface area contributed by atoms with Gasteiger partial charge in [0.2, 0.25) is 0 Å². The number of ether oxygens (including phenoxy) is 2. The third kappa shape index (κ3) is 2.94. The van der Waals surface area contributed by atoms with Gasteiger partial charge in [-0.05, 0) is 32.6 Å². The van der Waals surface area contributed by atoms with E-state index in [0.29, 0.717) is 25.2 Å². The molecular formula is C12H23NO3. The van der Waals surface area contributed by atoms with Crippen molar-refractivity contribution in [1.82, 2.24) is 5.32 Å². The Morgan fingerprint density at radius 2 is 1.94 bits per heavy atom. The maximum atomic E-state index is 9.25. The van der Waals surface area contributed by atoms with E-state index in [1.807, 2.05) is 13.8 Å². The maximum Gasteiger partial charge on any atom is 0.162 e. The third-order valence-electron chi connectivity index (χ3n) is 3.61. The second kappa shape index (κ2) is 5.00. The van der Waals surface area contributed by atoms with Gasteiger partial charge in [0, 0.05) is 12.6 Å². The molecular weight excluding hydrogens is 206 g/mol. The average molecular weight is 229 g/mol. The van der Waals surface area contributed by atoms with E-state index >= 15 is 0 Å². The van der Waals surface area contributed by atoms with Crippen LogP contribution in [0.1, 0.15) is 33.1 Å². The van der Waals surface area contributed by atoms with E-state index in [1.54, 1.807) is 0 Å². The van der Waals surface area contributed by atoms with Gasteiger partial charge >= 0.3 is 0 Å². The van der Waals surface area contributed by atoms with Gasteiger partial charge in [0.25, 0.3) is 0 Å². The summed E-state index contributed by atoms with van der Waals surface area (Å²) in [6.45, 7) is 5.56. The fourth-order valence-electron chi connectivity index (χ4n) is 2.57. The fourth-order valence-corrected chi connectivity index (χ4v) is 2.57. The zero-order chi connectivity index (χ0) is 11.6. The lowest BCUT2D eigenvalue weighted by molar-refractivity contribution is -0.253. The van der Waals surface area contributed by atoms with Crippen molar-refractivity contribution in [2.45, 2.75) is 51.0 Å². The topological polar surface area (TPSA) is 50.7 Å². The second-order valence-electron chi connectivity index (χ2n) is 5.37. The zero-order valence-corrected chi connectivity index (χ0v) is 10.2. The highest BCUT2D eigenvalue weighted by Gasteiger charge is 2.32. The van der Waals surface area contributed by atoms with E-state index in [-0.39, 0.29) is 12.6 Å². The van der Waals surface area contributed by atoms with Crippen molar-refractivity contribution in [3.63, 3.8) is 0 Å². The monoisotopic (exact) mass is 229 g/mol. The molecule has 1 saturated heterocycles. The molecule has 2 aliphatic rings. The Morgan fingerprint density at radius 3 is 2.56 bits per heavy atom. The van der Waals surface area contributed by atoms with Gasteiger partial charge in [-0.1, -0.05) is 6.42 Å². The molecule has 1 saturated carbocycles. The van der Waals surface area contributed by atoms with Crippen LogP contribution in [0.2, 0.25) is 0 Å². The first-order chi connectivity index (χ1) is 7.61. The van der Waals surface area contributed by atoms with Gasteiger partial charge in [-0.25, -0.2) is 0 Å². The summed E-state index contributed by atoms with van der Waals surface area (Å²) >= 11 is 0. The molecule has 0 aromatic heterocycles. The summed E-state index contributed by atoms with van der Waals surface area (Å²) in [5.74, 6) is -0.0283. The van der Waals surface area contributed by atoms with Crippen molar-refractivity contribution in [2.75, 3.05) is 19.8 Å². The van der Waals surface area contributed by atoms with Crippen LogP contribution in [0.25, 0.3) is 0 Å². The minimum absolute atomic E-state index is 0.269. The van der Waals surface area contributed by atoms with E-state index in [2.05, 4.69) is 5.32 Å². The van der Waals surface area contributed by atoms with Crippen molar-refractivity contribution in [2.24, 2.45) is 5.92 Å². The number of hydrogen-bond donors (Lipinski definition) is 2. The summed E-state index contributed by atoms with van der Waals surface area (Å²) < 4.78 is 11.2. The molecule has 0 amide bonds. The molecule has 1 aliphatic heterocycles. The van der Waals surface area contributed by atoms with Crippen molar-refractivity contribution in [3.05, 3.63) is 0 Å². The largest absolute Gasteiger partial charge is 0.396 e. The summed E-state index contributed by atoms with van der Waals surface area (Å²) in [6.07, 6.45) is 3.50. The van der Waals surface area contributed by atoms with Gasteiger partial charge in [0.1, 0.15) is 0 Å². The molecule has 0 bridgehead atoms. The van der Waals surface area contributed by atoms with Crippen molar-refractivity contribution in [1.29, 1.82) is 0 Å². The average Bonchev–Trinajstić information content (AvgIpc) is 2.68. The minimum atomic E-state index is -0.440. The number of nitrogens with one attached hydrogen (secondary N) is 1. The lowest BCUT2D eigenvalue weighted by Gasteiger charge is -2.37. The quantitative estimate of drug-likeness (QED) is 0.754. The summed E-state index contributed by atoms with van der Waals surface area (Å²) in [7, 11) is 0. The molecule has 0 spiro atoms. The summed E-state index contributed by atoms with van der Waals surface area (Å²) in [4.78, 5) is 0. The van der Waals surface area contributed by atoms with Crippen LogP contribution in [0.5, 0.6) is 0 Å². The molecule has 4 heteroatoms. The zero-order valence-electron chi connectivity index (χ0n) is 10.2. The van der Waals surface area contributed by atoms with E-state index in [0.717, 1.165) is 12.8 Å². The standard InChI is InChI=1S/C12H23NO3/c1-12(2)15-7-10(8-16-12)13-11-5-3-4-9(11)6-14/h9-11,13-14H,3-8H2,1-2H3. The number of aliphatic hydroxyl groups excluding tert-OH is 1. The fraction of sp³-hybridized carbons (Fsp3) is 1.00. The van der Waals surface area contributed by atoms with Crippen LogP contribution in [-0.2, 0) is 9.47 Å². The predicted molar refractivity (Wildman–Crippen MR) is 61.1 cm³/mol. The van der Waals surface area contributed by atoms with E-state index in [9.17, 15) is 5.11 Å². The summed E-state index contributed by atoms with van der Waals surface area (Å²) in [5.41, 5.74) is 0. The van der Waals surface area contributed by atoms with Crippen LogP contribution in [0.3, 0.4) is 0 Å². The first-order valence-corrected chi connectivity index (χ1v) is 6.25. The molecule has 2 unspecified atom stereocenters. The predicted octanol–water partition coefficient (Wildman–Crippen LogP) is 0.888. The lowest BCUT2D eigenvalue weighted by Crippen LogP contribution is -2.52. The van der Waals surface area contributed by atoms with Crippen LogP contribution >= 0.6 is 0 Å². The van der Waals surface area contributed by atoms with Gasteiger partial charge in [0.05, 0.1) is 19.3 Å². The molecule has 2 N–H and O–H groups in total. The van der Waals surface area contributed by atoms with Crippen LogP contribution in [0.15, 0.2) is 0 Å². The Kier molecular flexibility index (Phi) is 3.85. The number of hydrogen-bond acceptors (Lipinski definition) is 4. The van der Waals surface area contributed by atoms with Gasteiger partial charge in [-0.2, -0.15) is 0 Å². The van der Waals surface area contributed by atoms with E-state index < -0.39 is 5.79 Å². The molecule has 1 heterocycles. The minimum Gasteiger partial charge on any atom is -0.396 e. The van der Waals surface area contributed by atoms with Gasteiger partial charge in [-0.3, -0.25) is 0 Å². The first kappa shape index (κ1) is 12.3. The highest BCUT2D eigenvalue weighted by atomic mass is 16.7. The van der Waals surface area contributed by atoms with Crippen LogP contribution in [-0.4, -0.2) is 42.8 Å². The first-order valence-electron chi connectivity index (χ1n) is 6.25. The van der Waals surface area contributed by atoms with Crippen LogP contribution < -0.4 is 5.32 Å². The normalized spacial score (nSPS) is 35.4. The Balaban J connectivity index is 1.78. The second-order valence-corrected chi connectivity index (χ2v) is 5.37. The lowest BCUT2D eigenvalue weighted by atomic mass is 10.0. The van der Waals surface area contributed by atoms with Crippen LogP contribution in [0.4, 0.5) is 0 Å². The van der Waals surface area contributed by atoms with E-state index in [4.69, 9.17) is 9.47 Å². The molecule has 2 atom stereocenters. The maximum absolute atomic E-state index is 9.25. The van der Waals surface area contributed by atoms with Gasteiger partial charge in [0.15, 0.2) is 5.79 Å². The molecule has 0 aromatic carbocycles. The summed E-state index contributed by atoms with van der Waals surface area (Å²) in [6, 6.07) is 0.702. The molecule has 94 valence electrons. The smallest absolute Gasteiger partial charge is 0.162 e. The van der Waals surface area contributed by atoms with Gasteiger partial charge in [-0.15, -0.1) is 0 Å². The van der Waals surface area contributed by atoms with Gasteiger partial charge < -0.3 is 19.9 Å². The Hall–Kier alpha value is -0.160. The molecule has 16 heavy (non-hydrogen) atoms. The summed E-state index contributed by atoms with van der Waals surface area (Å²) in [5, 5.41) is 12.8. The molecule has 1 aliphatic carbocycles. The molecule has 2 rings (SSSR count). The Bertz CT molecular complexity index is 222. The van der Waals surface area contributed by atoms with Crippen molar-refractivity contribution in [3.8, 4) is 0 Å². The molecule has 2 fully saturated rings. The third-order valence-corrected chi connectivity index (χ3v) is 3.61. The number of rotatable bonds is 3. The highest BCUT2D eigenvalue weighted by Crippen LogP contribution is 2.26. The van der Waals surface area contributed by atoms with Crippen LogP contribution in [0, 0.1) is 5.92 Å². The molecule has 4 nitrogen and oxygen atoms in total. The van der Waals surface area contributed by atoms with E-state index in [1.165, 1.54) is 6.42 Å². The Morgan fingerprint density at radius 1 is 1.25 bits per heavy atom. The van der Waals surface area contributed by atoms with Crippen molar-refractivity contribution >= 4 is 0 Å².